The first kappa shape index (κ1) is 9.06. The summed E-state index contributed by atoms with van der Waals surface area (Å²) in [5.74, 6) is -0.778. The number of hydrogen-bond acceptors (Lipinski definition) is 2. The number of nitrogens with one attached hydrogen (secondary N) is 1. The van der Waals surface area contributed by atoms with Gasteiger partial charge in [0, 0.05) is 12.1 Å². The van der Waals surface area contributed by atoms with E-state index in [4.69, 9.17) is 5.11 Å². The van der Waals surface area contributed by atoms with Crippen LogP contribution < -0.4 is 5.32 Å². The normalized spacial score (nSPS) is 18.8. The monoisotopic (exact) mass is 191 g/mol. The Morgan fingerprint density at radius 3 is 3.07 bits per heavy atom. The van der Waals surface area contributed by atoms with Crippen LogP contribution in [0.25, 0.3) is 0 Å². The van der Waals surface area contributed by atoms with E-state index in [9.17, 15) is 4.79 Å². The SMILES string of the molecule is CCc1ccc2c(c1)N[C@@H](C(=O)O)C2. The lowest BCUT2D eigenvalue weighted by molar-refractivity contribution is -0.137. The average Bonchev–Trinajstić information content (AvgIpc) is 2.59. The van der Waals surface area contributed by atoms with Crippen LogP contribution in [0.4, 0.5) is 5.69 Å². The second kappa shape index (κ2) is 3.33. The number of aliphatic carboxylic acids is 1. The topological polar surface area (TPSA) is 49.3 Å². The van der Waals surface area contributed by atoms with Crippen molar-refractivity contribution in [3.8, 4) is 0 Å². The second-order valence-corrected chi connectivity index (χ2v) is 3.58. The molecule has 3 heteroatoms. The van der Waals surface area contributed by atoms with Crippen LogP contribution in [-0.2, 0) is 17.6 Å². The van der Waals surface area contributed by atoms with Gasteiger partial charge in [-0.1, -0.05) is 19.1 Å². The van der Waals surface area contributed by atoms with Gasteiger partial charge in [0.05, 0.1) is 0 Å². The number of carboxylic acid groups (broad SMARTS) is 1. The van der Waals surface area contributed by atoms with Crippen molar-refractivity contribution >= 4 is 11.7 Å². The average molecular weight is 191 g/mol. The first-order valence-corrected chi connectivity index (χ1v) is 4.82. The number of hydrogen-bond donors (Lipinski definition) is 2. The molecule has 0 unspecified atom stereocenters. The van der Waals surface area contributed by atoms with Crippen LogP contribution in [0, 0.1) is 0 Å². The van der Waals surface area contributed by atoms with Crippen LogP contribution in [0.3, 0.4) is 0 Å². The molecule has 1 atom stereocenters. The maximum Gasteiger partial charge on any atom is 0.326 e. The third-order valence-corrected chi connectivity index (χ3v) is 2.63. The van der Waals surface area contributed by atoms with Crippen molar-refractivity contribution in [2.24, 2.45) is 0 Å². The van der Waals surface area contributed by atoms with Crippen LogP contribution >= 0.6 is 0 Å². The minimum absolute atomic E-state index is 0.447. The zero-order chi connectivity index (χ0) is 10.1. The van der Waals surface area contributed by atoms with E-state index < -0.39 is 12.0 Å². The number of anilines is 1. The van der Waals surface area contributed by atoms with Gasteiger partial charge in [-0.05, 0) is 23.6 Å². The second-order valence-electron chi connectivity index (χ2n) is 3.58. The molecule has 1 aromatic carbocycles. The number of carbonyl (C=O) groups is 1. The Morgan fingerprint density at radius 1 is 1.64 bits per heavy atom. The first-order chi connectivity index (χ1) is 6.70. The van der Waals surface area contributed by atoms with Crippen LogP contribution in [-0.4, -0.2) is 17.1 Å². The van der Waals surface area contributed by atoms with Crippen LogP contribution in [0.15, 0.2) is 18.2 Å². The van der Waals surface area contributed by atoms with E-state index in [-0.39, 0.29) is 0 Å². The van der Waals surface area contributed by atoms with Crippen molar-refractivity contribution in [2.75, 3.05) is 5.32 Å². The number of benzene rings is 1. The van der Waals surface area contributed by atoms with Crippen molar-refractivity contribution in [2.45, 2.75) is 25.8 Å². The molecule has 14 heavy (non-hydrogen) atoms. The summed E-state index contributed by atoms with van der Waals surface area (Å²) in [6.45, 7) is 2.09. The summed E-state index contributed by atoms with van der Waals surface area (Å²) in [7, 11) is 0. The molecule has 3 nitrogen and oxygen atoms in total. The zero-order valence-corrected chi connectivity index (χ0v) is 8.08. The van der Waals surface area contributed by atoms with Gasteiger partial charge in [0.1, 0.15) is 6.04 Å². The van der Waals surface area contributed by atoms with Crippen molar-refractivity contribution < 1.29 is 9.90 Å². The lowest BCUT2D eigenvalue weighted by Gasteiger charge is -2.04. The summed E-state index contributed by atoms with van der Waals surface area (Å²) in [6.07, 6.45) is 1.57. The van der Waals surface area contributed by atoms with Gasteiger partial charge in [-0.2, -0.15) is 0 Å². The van der Waals surface area contributed by atoms with Crippen molar-refractivity contribution in [1.82, 2.24) is 0 Å². The van der Waals surface area contributed by atoms with Crippen LogP contribution in [0.5, 0.6) is 0 Å². The Hall–Kier alpha value is -1.51. The highest BCUT2D eigenvalue weighted by atomic mass is 16.4. The van der Waals surface area contributed by atoms with E-state index in [0.717, 1.165) is 17.7 Å². The lowest BCUT2D eigenvalue weighted by Crippen LogP contribution is -2.26. The highest BCUT2D eigenvalue weighted by Gasteiger charge is 2.25. The highest BCUT2D eigenvalue weighted by Crippen LogP contribution is 2.27. The quantitative estimate of drug-likeness (QED) is 0.747. The molecule has 0 bridgehead atoms. The van der Waals surface area contributed by atoms with Gasteiger partial charge >= 0.3 is 5.97 Å². The zero-order valence-electron chi connectivity index (χ0n) is 8.08. The molecule has 0 spiro atoms. The maximum atomic E-state index is 10.8. The summed E-state index contributed by atoms with van der Waals surface area (Å²) < 4.78 is 0. The van der Waals surface area contributed by atoms with Gasteiger partial charge in [0.15, 0.2) is 0 Å². The van der Waals surface area contributed by atoms with E-state index in [2.05, 4.69) is 18.3 Å². The molecule has 1 aromatic rings. The van der Waals surface area contributed by atoms with Crippen molar-refractivity contribution in [1.29, 1.82) is 0 Å². The predicted molar refractivity (Wildman–Crippen MR) is 54.6 cm³/mol. The van der Waals surface area contributed by atoms with Gasteiger partial charge in [0.25, 0.3) is 0 Å². The molecule has 0 saturated heterocycles. The molecule has 0 saturated carbocycles. The molecule has 0 fully saturated rings. The molecule has 1 aliphatic heterocycles. The molecule has 1 heterocycles. The van der Waals surface area contributed by atoms with Crippen molar-refractivity contribution in [3.05, 3.63) is 29.3 Å². The molecule has 0 amide bonds. The molecule has 1 aliphatic rings. The van der Waals surface area contributed by atoms with Crippen molar-refractivity contribution in [3.63, 3.8) is 0 Å². The largest absolute Gasteiger partial charge is 0.480 e. The van der Waals surface area contributed by atoms with E-state index in [1.165, 1.54) is 5.56 Å². The molecule has 0 aromatic heterocycles. The smallest absolute Gasteiger partial charge is 0.326 e. The minimum Gasteiger partial charge on any atom is -0.480 e. The molecular formula is C11H13NO2. The summed E-state index contributed by atoms with van der Waals surface area (Å²) >= 11 is 0. The predicted octanol–water partition coefficient (Wildman–Crippen LogP) is 1.67. The molecule has 2 rings (SSSR count). The maximum absolute atomic E-state index is 10.8. The fourth-order valence-corrected chi connectivity index (χ4v) is 1.76. The summed E-state index contributed by atoms with van der Waals surface area (Å²) in [5.41, 5.74) is 3.33. The van der Waals surface area contributed by atoms with Gasteiger partial charge < -0.3 is 10.4 Å². The van der Waals surface area contributed by atoms with Gasteiger partial charge in [-0.25, -0.2) is 4.79 Å². The molecule has 0 radical (unpaired) electrons. The molecular weight excluding hydrogens is 178 g/mol. The minimum atomic E-state index is -0.778. The van der Waals surface area contributed by atoms with E-state index in [1.807, 2.05) is 12.1 Å². The van der Waals surface area contributed by atoms with E-state index >= 15 is 0 Å². The molecule has 0 aliphatic carbocycles. The van der Waals surface area contributed by atoms with Gasteiger partial charge in [-0.15, -0.1) is 0 Å². The fraction of sp³-hybridized carbons (Fsp3) is 0.364. The molecule has 74 valence electrons. The summed E-state index contributed by atoms with van der Waals surface area (Å²) in [5, 5.41) is 11.9. The Kier molecular flexibility index (Phi) is 2.15. The van der Waals surface area contributed by atoms with Gasteiger partial charge in [-0.3, -0.25) is 0 Å². The Bertz CT molecular complexity index is 374. The lowest BCUT2D eigenvalue weighted by atomic mass is 10.1. The third kappa shape index (κ3) is 1.45. The van der Waals surface area contributed by atoms with Crippen LogP contribution in [0.2, 0.25) is 0 Å². The Balaban J connectivity index is 2.27. The Labute approximate surface area is 82.8 Å². The van der Waals surface area contributed by atoms with Crippen LogP contribution in [0.1, 0.15) is 18.1 Å². The van der Waals surface area contributed by atoms with E-state index in [1.54, 1.807) is 0 Å². The fourth-order valence-electron chi connectivity index (χ4n) is 1.76. The number of fused-ring (bicyclic) bond motifs is 1. The first-order valence-electron chi connectivity index (χ1n) is 4.82. The van der Waals surface area contributed by atoms with E-state index in [0.29, 0.717) is 6.42 Å². The number of rotatable bonds is 2. The molecule has 2 N–H and O–H groups in total. The highest BCUT2D eigenvalue weighted by molar-refractivity contribution is 5.81. The summed E-state index contributed by atoms with van der Waals surface area (Å²) in [6, 6.07) is 5.67. The number of carboxylic acids is 1. The van der Waals surface area contributed by atoms with Gasteiger partial charge in [0.2, 0.25) is 0 Å². The standard InChI is InChI=1S/C11H13NO2/c1-2-7-3-4-8-6-10(11(13)14)12-9(8)5-7/h3-5,10,12H,2,6H2,1H3,(H,13,14)/t10-/m1/s1. The Morgan fingerprint density at radius 2 is 2.43 bits per heavy atom. The number of aryl methyl sites for hydroxylation is 1. The summed E-state index contributed by atoms with van der Waals surface area (Å²) in [4.78, 5) is 10.8. The third-order valence-electron chi connectivity index (χ3n) is 2.63.